The molecule has 0 N–H and O–H groups in total. The summed E-state index contributed by atoms with van der Waals surface area (Å²) in [6.45, 7) is 0. The second kappa shape index (κ2) is 2.54. The summed E-state index contributed by atoms with van der Waals surface area (Å²) in [5, 5.41) is 10.5. The molecule has 0 aliphatic carbocycles. The smallest absolute Gasteiger partial charge is 0.291 e. The second-order valence-electron chi connectivity index (χ2n) is 2.68. The van der Waals surface area contributed by atoms with Crippen molar-refractivity contribution in [1.29, 1.82) is 0 Å². The number of rotatable bonds is 1. The van der Waals surface area contributed by atoms with Crippen molar-refractivity contribution in [2.45, 2.75) is 0 Å². The van der Waals surface area contributed by atoms with Crippen molar-refractivity contribution in [1.82, 2.24) is 4.90 Å². The molecule has 0 aromatic carbocycles. The number of carbonyl (C=O) groups is 1. The Labute approximate surface area is 73.6 Å². The number of fused-ring (bicyclic) bond motifs is 1. The van der Waals surface area contributed by atoms with Crippen LogP contribution >= 0.6 is 0 Å². The van der Waals surface area contributed by atoms with E-state index in [1.807, 2.05) is 0 Å². The molecule has 13 heavy (non-hydrogen) atoms. The zero-order chi connectivity index (χ0) is 9.42. The Bertz CT molecular complexity index is 388. The van der Waals surface area contributed by atoms with E-state index >= 15 is 0 Å². The summed E-state index contributed by atoms with van der Waals surface area (Å²) < 4.78 is 0. The lowest BCUT2D eigenvalue weighted by atomic mass is 10.5. The quantitative estimate of drug-likeness (QED) is 0.540. The Hall–Kier alpha value is -1.92. The van der Waals surface area contributed by atoms with Crippen LogP contribution in [0.25, 0.3) is 0 Å². The van der Waals surface area contributed by atoms with Crippen molar-refractivity contribution < 1.29 is 4.79 Å². The van der Waals surface area contributed by atoms with Crippen LogP contribution in [0.15, 0.2) is 25.4 Å². The molecule has 66 valence electrons. The molecule has 0 radical (unpaired) electrons. The van der Waals surface area contributed by atoms with Gasteiger partial charge in [-0.2, -0.15) is 9.98 Å². The summed E-state index contributed by atoms with van der Waals surface area (Å²) in [4.78, 5) is 20.4. The Balaban J connectivity index is 2.27. The molecule has 0 aromatic rings. The van der Waals surface area contributed by atoms with Crippen LogP contribution in [0.1, 0.15) is 0 Å². The van der Waals surface area contributed by atoms with Gasteiger partial charge < -0.3 is 4.90 Å². The molecule has 2 aliphatic heterocycles. The van der Waals surface area contributed by atoms with Crippen LogP contribution < -0.4 is 0 Å². The highest BCUT2D eigenvalue weighted by atomic mass is 16.2. The highest BCUT2D eigenvalue weighted by Crippen LogP contribution is 2.09. The number of aliphatic imine (C=N–C) groups is 2. The molecule has 2 aliphatic rings. The molecule has 0 unspecified atom stereocenters. The van der Waals surface area contributed by atoms with Crippen LogP contribution in [0.2, 0.25) is 0 Å². The maximum atomic E-state index is 11.3. The van der Waals surface area contributed by atoms with Crippen LogP contribution in [0.4, 0.5) is 0 Å². The molecule has 0 bridgehead atoms. The first-order valence-corrected chi connectivity index (χ1v) is 3.56. The Morgan fingerprint density at radius 3 is 2.62 bits per heavy atom. The summed E-state index contributed by atoms with van der Waals surface area (Å²) in [6, 6.07) is 0. The number of likely N-dealkylation sites (N-methyl/N-ethyl adjacent to an activating group) is 1. The highest BCUT2D eigenvalue weighted by Gasteiger charge is 2.26. The minimum absolute atomic E-state index is 0.109. The largest absolute Gasteiger partial charge is 0.342 e. The zero-order valence-electron chi connectivity index (χ0n) is 7.09. The maximum absolute atomic E-state index is 11.3. The van der Waals surface area contributed by atoms with Crippen LogP contribution in [0.5, 0.6) is 0 Å². The fourth-order valence-corrected chi connectivity index (χ4v) is 0.863. The van der Waals surface area contributed by atoms with E-state index < -0.39 is 0 Å². The molecule has 7 heteroatoms. The first-order chi connectivity index (χ1) is 6.18. The summed E-state index contributed by atoms with van der Waals surface area (Å²) >= 11 is 0. The van der Waals surface area contributed by atoms with Crippen molar-refractivity contribution in [3.63, 3.8) is 0 Å². The third-order valence-corrected chi connectivity index (χ3v) is 1.50. The lowest BCUT2D eigenvalue weighted by Crippen LogP contribution is -2.28. The van der Waals surface area contributed by atoms with Gasteiger partial charge in [-0.15, -0.1) is 10.2 Å². The zero-order valence-corrected chi connectivity index (χ0v) is 7.09. The molecule has 0 saturated carbocycles. The van der Waals surface area contributed by atoms with Gasteiger partial charge in [0.25, 0.3) is 5.91 Å². The molecule has 0 aromatic heterocycles. The van der Waals surface area contributed by atoms with E-state index in [9.17, 15) is 4.79 Å². The van der Waals surface area contributed by atoms with E-state index in [1.165, 1.54) is 4.90 Å². The van der Waals surface area contributed by atoms with E-state index in [2.05, 4.69) is 25.4 Å². The van der Waals surface area contributed by atoms with Crippen molar-refractivity contribution in [3.8, 4) is 0 Å². The molecule has 7 nitrogen and oxygen atoms in total. The number of hydrogen-bond acceptors (Lipinski definition) is 6. The van der Waals surface area contributed by atoms with Gasteiger partial charge in [-0.3, -0.25) is 4.79 Å². The van der Waals surface area contributed by atoms with Gasteiger partial charge in [0.05, 0.1) is 0 Å². The number of amidine groups is 3. The van der Waals surface area contributed by atoms with Crippen LogP contribution in [-0.4, -0.2) is 42.4 Å². The number of amides is 1. The summed E-state index contributed by atoms with van der Waals surface area (Å²) in [7, 11) is 3.25. The second-order valence-corrected chi connectivity index (χ2v) is 2.68. The molecule has 0 spiro atoms. The number of hydrogen-bond donors (Lipinski definition) is 0. The number of carbonyl (C=O) groups excluding carboxylic acids is 1. The summed E-state index contributed by atoms with van der Waals surface area (Å²) in [5.41, 5.74) is 0. The van der Waals surface area contributed by atoms with Gasteiger partial charge in [-0.25, -0.2) is 0 Å². The van der Waals surface area contributed by atoms with E-state index in [1.54, 1.807) is 14.1 Å². The number of nitrogens with zero attached hydrogens (tertiary/aromatic N) is 6. The van der Waals surface area contributed by atoms with Gasteiger partial charge in [0.2, 0.25) is 17.5 Å². The third-order valence-electron chi connectivity index (χ3n) is 1.50. The normalized spacial score (nSPS) is 17.8. The Morgan fingerprint density at radius 2 is 2.00 bits per heavy atom. The lowest BCUT2D eigenvalue weighted by Gasteiger charge is -2.06. The summed E-state index contributed by atoms with van der Waals surface area (Å²) in [6.07, 6.45) is 0. The van der Waals surface area contributed by atoms with Crippen molar-refractivity contribution >= 4 is 23.4 Å². The molecule has 2 rings (SSSR count). The molecular weight excluding hydrogens is 172 g/mol. The monoisotopic (exact) mass is 178 g/mol. The maximum Gasteiger partial charge on any atom is 0.291 e. The molecular formula is C6H6N6O. The van der Waals surface area contributed by atoms with Gasteiger partial charge in [0, 0.05) is 14.1 Å². The first-order valence-electron chi connectivity index (χ1n) is 3.56. The standard InChI is InChI=1S/C6H6N6O/c1-12(2)6(13)5-7-3-4(8-5)10-11-9-3/h1-2H3. The molecule has 0 saturated heterocycles. The fraction of sp³-hybridized carbons (Fsp3) is 0.333. The topological polar surface area (TPSA) is 82.1 Å². The van der Waals surface area contributed by atoms with Gasteiger partial charge in [0.15, 0.2) is 0 Å². The molecule has 0 atom stereocenters. The molecule has 0 fully saturated rings. The van der Waals surface area contributed by atoms with Crippen molar-refractivity contribution in [2.75, 3.05) is 14.1 Å². The van der Waals surface area contributed by atoms with Crippen LogP contribution in [-0.2, 0) is 4.79 Å². The van der Waals surface area contributed by atoms with E-state index in [0.717, 1.165) is 0 Å². The Kier molecular flexibility index (Phi) is 1.51. The third kappa shape index (κ3) is 1.13. The predicted octanol–water partition coefficient (Wildman–Crippen LogP) is -0.336. The predicted molar refractivity (Wildman–Crippen MR) is 45.9 cm³/mol. The average molecular weight is 178 g/mol. The first kappa shape index (κ1) is 7.71. The molecule has 1 amide bonds. The van der Waals surface area contributed by atoms with Crippen LogP contribution in [0, 0.1) is 0 Å². The van der Waals surface area contributed by atoms with E-state index in [-0.39, 0.29) is 11.7 Å². The minimum atomic E-state index is -0.264. The van der Waals surface area contributed by atoms with Gasteiger partial charge in [-0.1, -0.05) is 0 Å². The van der Waals surface area contributed by atoms with Gasteiger partial charge >= 0.3 is 0 Å². The van der Waals surface area contributed by atoms with E-state index in [0.29, 0.717) is 11.7 Å². The Morgan fingerprint density at radius 1 is 1.23 bits per heavy atom. The minimum Gasteiger partial charge on any atom is -0.342 e. The van der Waals surface area contributed by atoms with Gasteiger partial charge in [-0.05, 0) is 5.22 Å². The SMILES string of the molecule is CN(C)C(=O)C1=NC2=NN=NC2=N1. The highest BCUT2D eigenvalue weighted by molar-refractivity contribution is 6.55. The average Bonchev–Trinajstić information content (AvgIpc) is 2.59. The van der Waals surface area contributed by atoms with Gasteiger partial charge in [0.1, 0.15) is 0 Å². The summed E-state index contributed by atoms with van der Waals surface area (Å²) in [5.74, 6) is 0.465. The lowest BCUT2D eigenvalue weighted by molar-refractivity contribution is -0.121. The molecule has 2 heterocycles. The van der Waals surface area contributed by atoms with E-state index in [4.69, 9.17) is 0 Å². The van der Waals surface area contributed by atoms with Crippen LogP contribution in [0.3, 0.4) is 0 Å². The fourth-order valence-electron chi connectivity index (χ4n) is 0.863. The van der Waals surface area contributed by atoms with Crippen molar-refractivity contribution in [2.24, 2.45) is 25.4 Å². The van der Waals surface area contributed by atoms with Crippen molar-refractivity contribution in [3.05, 3.63) is 0 Å².